The number of hydrogen-bond acceptors (Lipinski definition) is 4. The molecule has 2 aromatic rings. The Bertz CT molecular complexity index is 764. The summed E-state index contributed by atoms with van der Waals surface area (Å²) in [6.07, 6.45) is 0. The lowest BCUT2D eigenvalue weighted by atomic mass is 10.3. The average Bonchev–Trinajstić information content (AvgIpc) is 2.53. The number of nitrogens with one attached hydrogen (secondary N) is 1. The van der Waals surface area contributed by atoms with Crippen LogP contribution < -0.4 is 14.2 Å². The Morgan fingerprint density at radius 3 is 2.39 bits per heavy atom. The van der Waals surface area contributed by atoms with Crippen LogP contribution in [0.1, 0.15) is 0 Å². The molecule has 0 fully saturated rings. The zero-order valence-electron chi connectivity index (χ0n) is 12.3. The molecule has 0 spiro atoms. The highest BCUT2D eigenvalue weighted by molar-refractivity contribution is 7.89. The summed E-state index contributed by atoms with van der Waals surface area (Å²) in [5.74, 6) is -1.16. The first-order valence-electron chi connectivity index (χ1n) is 6.64. The third-order valence-electron chi connectivity index (χ3n) is 2.92. The van der Waals surface area contributed by atoms with Gasteiger partial charge in [-0.2, -0.15) is 0 Å². The summed E-state index contributed by atoms with van der Waals surface area (Å²) < 4.78 is 62.5. The van der Waals surface area contributed by atoms with Gasteiger partial charge in [0.05, 0.1) is 12.0 Å². The number of hydrogen-bond donors (Lipinski definition) is 1. The monoisotopic (exact) mass is 343 g/mol. The van der Waals surface area contributed by atoms with Crippen molar-refractivity contribution < 1.29 is 26.7 Å². The summed E-state index contributed by atoms with van der Waals surface area (Å²) in [5, 5.41) is 0. The topological polar surface area (TPSA) is 64.6 Å². The van der Waals surface area contributed by atoms with E-state index in [9.17, 15) is 17.2 Å². The Balaban J connectivity index is 1.89. The van der Waals surface area contributed by atoms with Crippen LogP contribution >= 0.6 is 0 Å². The maximum atomic E-state index is 13.3. The molecule has 2 aromatic carbocycles. The van der Waals surface area contributed by atoms with Gasteiger partial charge in [-0.3, -0.25) is 0 Å². The van der Waals surface area contributed by atoms with E-state index in [4.69, 9.17) is 9.47 Å². The molecule has 1 N–H and O–H groups in total. The summed E-state index contributed by atoms with van der Waals surface area (Å²) in [4.78, 5) is 0.0752. The van der Waals surface area contributed by atoms with Crippen molar-refractivity contribution in [1.29, 1.82) is 0 Å². The number of ether oxygens (including phenoxy) is 2. The van der Waals surface area contributed by atoms with Gasteiger partial charge in [-0.25, -0.2) is 21.9 Å². The van der Waals surface area contributed by atoms with E-state index >= 15 is 0 Å². The lowest BCUT2D eigenvalue weighted by Crippen LogP contribution is -2.28. The molecule has 0 atom stereocenters. The summed E-state index contributed by atoms with van der Waals surface area (Å²) >= 11 is 0. The van der Waals surface area contributed by atoms with Crippen LogP contribution in [0.15, 0.2) is 47.4 Å². The highest BCUT2D eigenvalue weighted by Crippen LogP contribution is 2.17. The largest absolute Gasteiger partial charge is 0.497 e. The minimum absolute atomic E-state index is 0.0643. The molecule has 0 amide bonds. The van der Waals surface area contributed by atoms with E-state index in [1.54, 1.807) is 0 Å². The Labute approximate surface area is 132 Å². The first-order chi connectivity index (χ1) is 10.9. The minimum atomic E-state index is -3.70. The van der Waals surface area contributed by atoms with Crippen LogP contribution in [0.4, 0.5) is 8.78 Å². The molecule has 0 radical (unpaired) electrons. The molecule has 0 bridgehead atoms. The third-order valence-corrected chi connectivity index (χ3v) is 4.39. The maximum absolute atomic E-state index is 13.3. The third kappa shape index (κ3) is 4.64. The van der Waals surface area contributed by atoms with Crippen molar-refractivity contribution in [3.05, 3.63) is 54.1 Å². The fraction of sp³-hybridized carbons (Fsp3) is 0.200. The molecule has 2 rings (SSSR count). The van der Waals surface area contributed by atoms with E-state index in [2.05, 4.69) is 4.72 Å². The van der Waals surface area contributed by atoms with Crippen molar-refractivity contribution in [3.8, 4) is 11.5 Å². The quantitative estimate of drug-likeness (QED) is 0.784. The zero-order chi connectivity index (χ0) is 16.9. The van der Waals surface area contributed by atoms with Crippen molar-refractivity contribution in [2.75, 3.05) is 20.3 Å². The van der Waals surface area contributed by atoms with Crippen molar-refractivity contribution >= 4 is 10.0 Å². The van der Waals surface area contributed by atoms with Gasteiger partial charge in [-0.1, -0.05) is 0 Å². The second-order valence-corrected chi connectivity index (χ2v) is 6.26. The minimum Gasteiger partial charge on any atom is -0.497 e. The highest BCUT2D eigenvalue weighted by atomic mass is 32.2. The Kier molecular flexibility index (Phi) is 5.51. The van der Waals surface area contributed by atoms with Gasteiger partial charge in [0.1, 0.15) is 18.2 Å². The number of sulfonamides is 1. The van der Waals surface area contributed by atoms with Crippen LogP contribution in [0, 0.1) is 11.6 Å². The molecule has 0 saturated heterocycles. The second-order valence-electron chi connectivity index (χ2n) is 4.50. The normalized spacial score (nSPS) is 11.3. The first-order valence-corrected chi connectivity index (χ1v) is 8.12. The molecule has 23 heavy (non-hydrogen) atoms. The van der Waals surface area contributed by atoms with Gasteiger partial charge in [-0.05, 0) is 36.4 Å². The molecule has 0 saturated carbocycles. The smallest absolute Gasteiger partial charge is 0.240 e. The van der Waals surface area contributed by atoms with Gasteiger partial charge in [-0.15, -0.1) is 0 Å². The fourth-order valence-corrected chi connectivity index (χ4v) is 2.78. The molecule has 0 aliphatic carbocycles. The van der Waals surface area contributed by atoms with E-state index in [0.717, 1.165) is 12.1 Å². The summed E-state index contributed by atoms with van der Waals surface area (Å²) in [6.45, 7) is -0.164. The lowest BCUT2D eigenvalue weighted by molar-refractivity contribution is 0.305. The molecule has 5 nitrogen and oxygen atoms in total. The summed E-state index contributed by atoms with van der Waals surface area (Å²) in [5.41, 5.74) is 0. The van der Waals surface area contributed by atoms with E-state index in [1.165, 1.54) is 31.4 Å². The lowest BCUT2D eigenvalue weighted by Gasteiger charge is -2.09. The highest BCUT2D eigenvalue weighted by Gasteiger charge is 2.13. The molecule has 8 heteroatoms. The van der Waals surface area contributed by atoms with Gasteiger partial charge < -0.3 is 9.47 Å². The number of halogens is 2. The van der Waals surface area contributed by atoms with Crippen LogP contribution in [-0.4, -0.2) is 28.7 Å². The second kappa shape index (κ2) is 7.38. The van der Waals surface area contributed by atoms with E-state index < -0.39 is 21.7 Å². The van der Waals surface area contributed by atoms with Crippen molar-refractivity contribution in [2.45, 2.75) is 4.90 Å². The fourth-order valence-electron chi connectivity index (χ4n) is 1.77. The molecular weight excluding hydrogens is 328 g/mol. The Morgan fingerprint density at radius 2 is 1.78 bits per heavy atom. The van der Waals surface area contributed by atoms with Crippen LogP contribution in [0.2, 0.25) is 0 Å². The molecule has 0 aliphatic rings. The van der Waals surface area contributed by atoms with Crippen LogP contribution in [-0.2, 0) is 10.0 Å². The maximum Gasteiger partial charge on any atom is 0.240 e. The SMILES string of the molecule is COc1ccc(S(=O)(=O)NCCOc2ccc(F)cc2F)cc1. The van der Waals surface area contributed by atoms with Crippen molar-refractivity contribution in [1.82, 2.24) is 4.72 Å². The standard InChI is InChI=1S/C15H15F2NO4S/c1-21-12-3-5-13(6-4-12)23(19,20)18-8-9-22-15-7-2-11(16)10-14(15)17/h2-7,10,18H,8-9H2,1H3. The van der Waals surface area contributed by atoms with E-state index in [1.807, 2.05) is 0 Å². The van der Waals surface area contributed by atoms with Gasteiger partial charge in [0.25, 0.3) is 0 Å². The van der Waals surface area contributed by atoms with Gasteiger partial charge in [0.2, 0.25) is 10.0 Å². The number of methoxy groups -OCH3 is 1. The van der Waals surface area contributed by atoms with E-state index in [0.29, 0.717) is 11.8 Å². The summed E-state index contributed by atoms with van der Waals surface area (Å²) in [7, 11) is -2.22. The molecule has 0 heterocycles. The molecule has 124 valence electrons. The van der Waals surface area contributed by atoms with Gasteiger partial charge >= 0.3 is 0 Å². The predicted molar refractivity (Wildman–Crippen MR) is 80.0 cm³/mol. The zero-order valence-corrected chi connectivity index (χ0v) is 13.1. The van der Waals surface area contributed by atoms with Crippen LogP contribution in [0.25, 0.3) is 0 Å². The van der Waals surface area contributed by atoms with Crippen LogP contribution in [0.3, 0.4) is 0 Å². The predicted octanol–water partition coefficient (Wildman–Crippen LogP) is 2.33. The summed E-state index contributed by atoms with van der Waals surface area (Å²) in [6, 6.07) is 8.75. The molecule has 0 aliphatic heterocycles. The molecule has 0 aromatic heterocycles. The number of rotatable bonds is 7. The van der Waals surface area contributed by atoms with Crippen molar-refractivity contribution in [3.63, 3.8) is 0 Å². The first kappa shape index (κ1) is 17.2. The van der Waals surface area contributed by atoms with E-state index in [-0.39, 0.29) is 23.8 Å². The Hall–Kier alpha value is -2.19. The average molecular weight is 343 g/mol. The Morgan fingerprint density at radius 1 is 1.09 bits per heavy atom. The number of benzene rings is 2. The van der Waals surface area contributed by atoms with Crippen LogP contribution in [0.5, 0.6) is 11.5 Å². The molecule has 0 unspecified atom stereocenters. The van der Waals surface area contributed by atoms with Gasteiger partial charge in [0.15, 0.2) is 11.6 Å². The van der Waals surface area contributed by atoms with Crippen molar-refractivity contribution in [2.24, 2.45) is 0 Å². The van der Waals surface area contributed by atoms with Gasteiger partial charge in [0, 0.05) is 12.6 Å². The molecular formula is C15H15F2NO4S.